The van der Waals surface area contributed by atoms with E-state index in [9.17, 15) is 4.79 Å². The van der Waals surface area contributed by atoms with Crippen molar-refractivity contribution in [2.75, 3.05) is 13.1 Å². The molecule has 1 aliphatic heterocycles. The van der Waals surface area contributed by atoms with Crippen LogP contribution >= 0.6 is 0 Å². The number of nitrogens with zero attached hydrogens (tertiary/aromatic N) is 3. The number of carboxylic acids is 1. The van der Waals surface area contributed by atoms with Crippen molar-refractivity contribution in [1.29, 1.82) is 0 Å². The maximum Gasteiger partial charge on any atom is 0.305 e. The van der Waals surface area contributed by atoms with Crippen LogP contribution in [0.5, 0.6) is 0 Å². The quantitative estimate of drug-likeness (QED) is 0.870. The topological polar surface area (TPSA) is 58.4 Å². The van der Waals surface area contributed by atoms with Crippen LogP contribution in [-0.2, 0) is 4.79 Å². The number of carbonyl (C=O) groups is 1. The standard InChI is InChI=1S/C13H21N3O2/c1-10(2)16-9-11(8-14-16)12(7-13(17)18)15-5-3-4-6-15/h8-10,12H,3-7H2,1-2H3,(H,17,18). The predicted molar refractivity (Wildman–Crippen MR) is 68.4 cm³/mol. The van der Waals surface area contributed by atoms with Crippen LogP contribution in [0, 0.1) is 0 Å². The molecule has 100 valence electrons. The van der Waals surface area contributed by atoms with Gasteiger partial charge in [0.15, 0.2) is 0 Å². The Morgan fingerprint density at radius 3 is 2.61 bits per heavy atom. The highest BCUT2D eigenvalue weighted by atomic mass is 16.4. The molecule has 1 aromatic heterocycles. The number of likely N-dealkylation sites (tertiary alicyclic amines) is 1. The van der Waals surface area contributed by atoms with E-state index in [4.69, 9.17) is 5.11 Å². The lowest BCUT2D eigenvalue weighted by Gasteiger charge is -2.25. The Labute approximate surface area is 107 Å². The number of hydrogen-bond acceptors (Lipinski definition) is 3. The molecule has 0 aromatic carbocycles. The van der Waals surface area contributed by atoms with E-state index in [1.54, 1.807) is 0 Å². The summed E-state index contributed by atoms with van der Waals surface area (Å²) in [5.41, 5.74) is 1.02. The van der Waals surface area contributed by atoms with Crippen molar-refractivity contribution in [1.82, 2.24) is 14.7 Å². The smallest absolute Gasteiger partial charge is 0.305 e. The van der Waals surface area contributed by atoms with Gasteiger partial charge in [0, 0.05) is 23.8 Å². The first-order chi connectivity index (χ1) is 8.58. The van der Waals surface area contributed by atoms with Gasteiger partial charge in [-0.3, -0.25) is 14.4 Å². The maximum atomic E-state index is 11.0. The maximum absolute atomic E-state index is 11.0. The molecule has 0 aliphatic carbocycles. The van der Waals surface area contributed by atoms with E-state index in [0.717, 1.165) is 31.5 Å². The molecule has 1 fully saturated rings. The molecular formula is C13H21N3O2. The molecular weight excluding hydrogens is 230 g/mol. The predicted octanol–water partition coefficient (Wildman–Crippen LogP) is 2.08. The SMILES string of the molecule is CC(C)n1cc(C(CC(=O)O)N2CCCC2)cn1. The van der Waals surface area contributed by atoms with Crippen molar-refractivity contribution in [2.45, 2.75) is 45.2 Å². The van der Waals surface area contributed by atoms with E-state index in [0.29, 0.717) is 6.04 Å². The summed E-state index contributed by atoms with van der Waals surface area (Å²) in [5.74, 6) is -0.746. The third kappa shape index (κ3) is 2.90. The Balaban J connectivity index is 2.18. The van der Waals surface area contributed by atoms with Gasteiger partial charge in [-0.25, -0.2) is 0 Å². The first kappa shape index (κ1) is 13.1. The molecule has 1 aromatic rings. The van der Waals surface area contributed by atoms with E-state index < -0.39 is 5.97 Å². The van der Waals surface area contributed by atoms with Gasteiger partial charge in [-0.2, -0.15) is 5.10 Å². The van der Waals surface area contributed by atoms with Gasteiger partial charge in [-0.1, -0.05) is 0 Å². The summed E-state index contributed by atoms with van der Waals surface area (Å²) in [7, 11) is 0. The van der Waals surface area contributed by atoms with E-state index in [-0.39, 0.29) is 12.5 Å². The van der Waals surface area contributed by atoms with Gasteiger partial charge >= 0.3 is 5.97 Å². The van der Waals surface area contributed by atoms with Gasteiger partial charge in [-0.15, -0.1) is 0 Å². The van der Waals surface area contributed by atoms with Crippen molar-refractivity contribution in [3.8, 4) is 0 Å². The number of aliphatic carboxylic acids is 1. The van der Waals surface area contributed by atoms with Gasteiger partial charge in [0.25, 0.3) is 0 Å². The monoisotopic (exact) mass is 251 g/mol. The summed E-state index contributed by atoms with van der Waals surface area (Å²) in [4.78, 5) is 13.3. The zero-order chi connectivity index (χ0) is 13.1. The van der Waals surface area contributed by atoms with Crippen LogP contribution in [-0.4, -0.2) is 38.8 Å². The molecule has 0 bridgehead atoms. The van der Waals surface area contributed by atoms with E-state index >= 15 is 0 Å². The summed E-state index contributed by atoms with van der Waals surface area (Å²) in [6.45, 7) is 6.12. The summed E-state index contributed by atoms with van der Waals surface area (Å²) in [5, 5.41) is 13.4. The van der Waals surface area contributed by atoms with Crippen LogP contribution in [0.4, 0.5) is 0 Å². The lowest BCUT2D eigenvalue weighted by molar-refractivity contribution is -0.138. The van der Waals surface area contributed by atoms with Gasteiger partial charge in [0.05, 0.1) is 12.6 Å². The molecule has 1 N–H and O–H groups in total. The lowest BCUT2D eigenvalue weighted by atomic mass is 10.1. The molecule has 2 rings (SSSR count). The molecule has 2 heterocycles. The molecule has 1 aliphatic rings. The average molecular weight is 251 g/mol. The second-order valence-electron chi connectivity index (χ2n) is 5.20. The van der Waals surface area contributed by atoms with E-state index in [2.05, 4.69) is 23.8 Å². The number of rotatable bonds is 5. The largest absolute Gasteiger partial charge is 0.481 e. The molecule has 0 saturated carbocycles. The van der Waals surface area contributed by atoms with Crippen molar-refractivity contribution in [3.05, 3.63) is 18.0 Å². The molecule has 5 heteroatoms. The van der Waals surface area contributed by atoms with Crippen LogP contribution < -0.4 is 0 Å². The summed E-state index contributed by atoms with van der Waals surface area (Å²) >= 11 is 0. The van der Waals surface area contributed by atoms with Crippen LogP contribution in [0.3, 0.4) is 0 Å². The summed E-state index contributed by atoms with van der Waals surface area (Å²) in [6, 6.07) is 0.278. The minimum absolute atomic E-state index is 0.0301. The first-order valence-corrected chi connectivity index (χ1v) is 6.58. The van der Waals surface area contributed by atoms with Crippen molar-refractivity contribution < 1.29 is 9.90 Å². The minimum Gasteiger partial charge on any atom is -0.481 e. The first-order valence-electron chi connectivity index (χ1n) is 6.58. The minimum atomic E-state index is -0.746. The van der Waals surface area contributed by atoms with Gasteiger partial charge in [0.1, 0.15) is 0 Å². The highest BCUT2D eigenvalue weighted by Gasteiger charge is 2.26. The van der Waals surface area contributed by atoms with Gasteiger partial charge < -0.3 is 5.11 Å². The zero-order valence-electron chi connectivity index (χ0n) is 11.0. The van der Waals surface area contributed by atoms with E-state index in [1.165, 1.54) is 0 Å². The Bertz CT molecular complexity index is 408. The normalized spacial score (nSPS) is 18.4. The zero-order valence-corrected chi connectivity index (χ0v) is 11.0. The number of carboxylic acid groups (broad SMARTS) is 1. The Morgan fingerprint density at radius 2 is 2.11 bits per heavy atom. The highest BCUT2D eigenvalue weighted by Crippen LogP contribution is 2.28. The summed E-state index contributed by atoms with van der Waals surface area (Å²) < 4.78 is 1.89. The van der Waals surface area contributed by atoms with Crippen LogP contribution in [0.2, 0.25) is 0 Å². The molecule has 18 heavy (non-hydrogen) atoms. The average Bonchev–Trinajstić information content (AvgIpc) is 2.97. The Hall–Kier alpha value is -1.36. The molecule has 1 unspecified atom stereocenters. The van der Waals surface area contributed by atoms with Crippen molar-refractivity contribution in [3.63, 3.8) is 0 Å². The fourth-order valence-electron chi connectivity index (χ4n) is 2.48. The fourth-order valence-corrected chi connectivity index (χ4v) is 2.48. The molecule has 5 nitrogen and oxygen atoms in total. The van der Waals surface area contributed by atoms with E-state index in [1.807, 2.05) is 17.1 Å². The third-order valence-electron chi connectivity index (χ3n) is 3.48. The van der Waals surface area contributed by atoms with Crippen LogP contribution in [0.25, 0.3) is 0 Å². The lowest BCUT2D eigenvalue weighted by Crippen LogP contribution is -2.27. The molecule has 1 saturated heterocycles. The number of hydrogen-bond donors (Lipinski definition) is 1. The van der Waals surface area contributed by atoms with Crippen LogP contribution in [0.15, 0.2) is 12.4 Å². The molecule has 1 atom stereocenters. The van der Waals surface area contributed by atoms with Gasteiger partial charge in [0.2, 0.25) is 0 Å². The van der Waals surface area contributed by atoms with Crippen molar-refractivity contribution in [2.24, 2.45) is 0 Å². The second kappa shape index (κ2) is 5.52. The Morgan fingerprint density at radius 1 is 1.44 bits per heavy atom. The second-order valence-corrected chi connectivity index (χ2v) is 5.20. The highest BCUT2D eigenvalue weighted by molar-refractivity contribution is 5.67. The third-order valence-corrected chi connectivity index (χ3v) is 3.48. The Kier molecular flexibility index (Phi) is 4.01. The summed E-state index contributed by atoms with van der Waals surface area (Å²) in [6.07, 6.45) is 6.27. The molecule has 0 spiro atoms. The fraction of sp³-hybridized carbons (Fsp3) is 0.692. The van der Waals surface area contributed by atoms with Crippen LogP contribution in [0.1, 0.15) is 50.8 Å². The molecule has 0 amide bonds. The van der Waals surface area contributed by atoms with Crippen molar-refractivity contribution >= 4 is 5.97 Å². The number of aromatic nitrogens is 2. The van der Waals surface area contributed by atoms with Gasteiger partial charge in [-0.05, 0) is 39.8 Å². The molecule has 0 radical (unpaired) electrons.